The van der Waals surface area contributed by atoms with Crippen LogP contribution in [0.3, 0.4) is 0 Å². The predicted molar refractivity (Wildman–Crippen MR) is 94.5 cm³/mol. The van der Waals surface area contributed by atoms with Crippen molar-refractivity contribution < 1.29 is 9.53 Å². The van der Waals surface area contributed by atoms with Gasteiger partial charge in [-0.25, -0.2) is 4.79 Å². The van der Waals surface area contributed by atoms with Gasteiger partial charge in [0.15, 0.2) is 0 Å². The molecule has 3 nitrogen and oxygen atoms in total. The second-order valence-electron chi connectivity index (χ2n) is 6.65. The summed E-state index contributed by atoms with van der Waals surface area (Å²) in [5.41, 5.74) is 0.949. The van der Waals surface area contributed by atoms with Crippen molar-refractivity contribution >= 4 is 43.4 Å². The Labute approximate surface area is 143 Å². The van der Waals surface area contributed by atoms with Crippen molar-refractivity contribution in [2.45, 2.75) is 45.8 Å². The summed E-state index contributed by atoms with van der Waals surface area (Å²) < 4.78 is 7.92. The first-order valence-electron chi connectivity index (χ1n) is 7.51. The smallest absolute Gasteiger partial charge is 0.410 e. The Balaban J connectivity index is 1.90. The Morgan fingerprint density at radius 3 is 2.86 bits per heavy atom. The quantitative estimate of drug-likeness (QED) is 0.615. The molecular weight excluding hydrogens is 362 g/mol. The van der Waals surface area contributed by atoms with Crippen LogP contribution in [0.2, 0.25) is 0 Å². The van der Waals surface area contributed by atoms with Gasteiger partial charge in [0.1, 0.15) is 5.60 Å². The van der Waals surface area contributed by atoms with Crippen LogP contribution in [0.4, 0.5) is 4.79 Å². The van der Waals surface area contributed by atoms with E-state index in [-0.39, 0.29) is 6.09 Å². The molecule has 1 aliphatic rings. The van der Waals surface area contributed by atoms with Crippen molar-refractivity contribution in [3.63, 3.8) is 0 Å². The summed E-state index contributed by atoms with van der Waals surface area (Å²) in [6, 6.07) is 6.41. The van der Waals surface area contributed by atoms with Gasteiger partial charge >= 0.3 is 6.09 Å². The summed E-state index contributed by atoms with van der Waals surface area (Å²) in [5, 5.41) is 1.32. The summed E-state index contributed by atoms with van der Waals surface area (Å²) in [5.74, 6) is 0. The molecule has 1 aliphatic heterocycles. The molecule has 0 radical (unpaired) electrons. The summed E-state index contributed by atoms with van der Waals surface area (Å²) in [7, 11) is 0. The Hall–Kier alpha value is -1.07. The van der Waals surface area contributed by atoms with Gasteiger partial charge in [0.25, 0.3) is 0 Å². The van der Waals surface area contributed by atoms with Crippen LogP contribution in [0.1, 0.15) is 37.6 Å². The van der Waals surface area contributed by atoms with E-state index in [0.717, 1.165) is 23.9 Å². The first kappa shape index (κ1) is 15.8. The Bertz CT molecular complexity index is 717. The van der Waals surface area contributed by atoms with Crippen LogP contribution in [0.25, 0.3) is 10.1 Å². The molecule has 1 amide bonds. The van der Waals surface area contributed by atoms with Crippen molar-refractivity contribution in [2.24, 2.45) is 0 Å². The van der Waals surface area contributed by atoms with Crippen molar-refractivity contribution in [2.75, 3.05) is 6.54 Å². The highest BCUT2D eigenvalue weighted by molar-refractivity contribution is 9.10. The number of carbonyl (C=O) groups is 1. The number of ether oxygens (including phenoxy) is 1. The lowest BCUT2D eigenvalue weighted by molar-refractivity contribution is 0.0238. The van der Waals surface area contributed by atoms with Crippen molar-refractivity contribution in [3.05, 3.63) is 33.1 Å². The largest absolute Gasteiger partial charge is 0.444 e. The molecule has 0 fully saturated rings. The number of aryl methyl sites for hydroxylation is 1. The van der Waals surface area contributed by atoms with E-state index in [4.69, 9.17) is 4.74 Å². The third-order valence-electron chi connectivity index (χ3n) is 3.68. The molecule has 0 aliphatic carbocycles. The maximum atomic E-state index is 12.3. The number of amides is 1. The topological polar surface area (TPSA) is 29.5 Å². The lowest BCUT2D eigenvalue weighted by Gasteiger charge is -2.26. The summed E-state index contributed by atoms with van der Waals surface area (Å²) in [6.45, 7) is 7.13. The number of rotatable bonds is 0. The van der Waals surface area contributed by atoms with E-state index in [2.05, 4.69) is 34.1 Å². The minimum atomic E-state index is -0.447. The average Bonchev–Trinajstić information content (AvgIpc) is 2.61. The molecule has 2 heterocycles. The van der Waals surface area contributed by atoms with E-state index >= 15 is 0 Å². The van der Waals surface area contributed by atoms with Crippen molar-refractivity contribution in [3.8, 4) is 0 Å². The molecule has 3 rings (SSSR count). The second kappa shape index (κ2) is 5.85. The zero-order chi connectivity index (χ0) is 15.9. The Morgan fingerprint density at radius 1 is 1.36 bits per heavy atom. The molecule has 118 valence electrons. The van der Waals surface area contributed by atoms with Crippen LogP contribution < -0.4 is 0 Å². The summed E-state index contributed by atoms with van der Waals surface area (Å²) in [4.78, 5) is 15.5. The van der Waals surface area contributed by atoms with Gasteiger partial charge in [-0.05, 0) is 62.8 Å². The summed E-state index contributed by atoms with van der Waals surface area (Å²) >= 11 is 5.34. The van der Waals surface area contributed by atoms with Crippen LogP contribution in [-0.2, 0) is 17.7 Å². The van der Waals surface area contributed by atoms with Crippen LogP contribution >= 0.6 is 27.3 Å². The number of benzene rings is 1. The number of thiophene rings is 1. The molecule has 2 aromatic rings. The van der Waals surface area contributed by atoms with Crippen LogP contribution in [-0.4, -0.2) is 23.1 Å². The molecule has 0 unspecified atom stereocenters. The van der Waals surface area contributed by atoms with E-state index in [9.17, 15) is 4.79 Å². The number of nitrogens with zero attached hydrogens (tertiary/aromatic N) is 1. The number of fused-ring (bicyclic) bond motifs is 3. The highest BCUT2D eigenvalue weighted by Gasteiger charge is 2.26. The average molecular weight is 382 g/mol. The van der Waals surface area contributed by atoms with Crippen molar-refractivity contribution in [1.82, 2.24) is 4.90 Å². The highest BCUT2D eigenvalue weighted by atomic mass is 79.9. The Morgan fingerprint density at radius 2 is 2.14 bits per heavy atom. The minimum absolute atomic E-state index is 0.209. The predicted octanol–water partition coefficient (Wildman–Crippen LogP) is 5.35. The van der Waals surface area contributed by atoms with Gasteiger partial charge in [-0.2, -0.15) is 0 Å². The molecule has 1 aromatic heterocycles. The molecule has 0 spiro atoms. The normalized spacial score (nSPS) is 15.5. The fraction of sp³-hybridized carbons (Fsp3) is 0.471. The highest BCUT2D eigenvalue weighted by Crippen LogP contribution is 2.36. The van der Waals surface area contributed by atoms with Crippen molar-refractivity contribution in [1.29, 1.82) is 0 Å². The van der Waals surface area contributed by atoms with E-state index < -0.39 is 5.60 Å². The number of halogens is 1. The first-order chi connectivity index (χ1) is 10.3. The lowest BCUT2D eigenvalue weighted by Crippen LogP contribution is -2.36. The van der Waals surface area contributed by atoms with Gasteiger partial charge in [0.2, 0.25) is 0 Å². The molecule has 0 bridgehead atoms. The van der Waals surface area contributed by atoms with Crippen LogP contribution in [0, 0.1) is 0 Å². The zero-order valence-corrected chi connectivity index (χ0v) is 15.5. The van der Waals surface area contributed by atoms with Gasteiger partial charge in [-0.1, -0.05) is 15.9 Å². The fourth-order valence-corrected chi connectivity index (χ4v) is 4.37. The standard InChI is InChI=1S/C17H20BrNO2S/c1-17(2,3)21-16(20)19-8-4-5-12-13-9-11(18)6-7-14(13)22-15(12)10-19/h6-7,9H,4-5,8,10H2,1-3H3. The molecule has 5 heteroatoms. The van der Waals surface area contributed by atoms with Gasteiger partial charge in [0.05, 0.1) is 6.54 Å². The SMILES string of the molecule is CC(C)(C)OC(=O)N1CCCc2c(sc3ccc(Br)cc23)C1. The molecule has 0 saturated heterocycles. The number of hydrogen-bond acceptors (Lipinski definition) is 3. The molecule has 0 saturated carbocycles. The monoisotopic (exact) mass is 381 g/mol. The van der Waals surface area contributed by atoms with E-state index in [1.54, 1.807) is 11.3 Å². The van der Waals surface area contributed by atoms with Gasteiger partial charge < -0.3 is 9.64 Å². The second-order valence-corrected chi connectivity index (χ2v) is 8.70. The number of carbonyl (C=O) groups excluding carboxylic acids is 1. The fourth-order valence-electron chi connectivity index (χ4n) is 2.75. The summed E-state index contributed by atoms with van der Waals surface area (Å²) in [6.07, 6.45) is 1.79. The first-order valence-corrected chi connectivity index (χ1v) is 9.12. The van der Waals surface area contributed by atoms with Crippen LogP contribution in [0.15, 0.2) is 22.7 Å². The molecule has 22 heavy (non-hydrogen) atoms. The molecule has 0 atom stereocenters. The maximum Gasteiger partial charge on any atom is 0.410 e. The van der Waals surface area contributed by atoms with E-state index in [1.807, 2.05) is 25.7 Å². The molecule has 0 N–H and O–H groups in total. The number of hydrogen-bond donors (Lipinski definition) is 0. The lowest BCUT2D eigenvalue weighted by atomic mass is 10.1. The third-order valence-corrected chi connectivity index (χ3v) is 5.37. The third kappa shape index (κ3) is 3.30. The van der Waals surface area contributed by atoms with E-state index in [0.29, 0.717) is 6.54 Å². The molecule has 1 aromatic carbocycles. The zero-order valence-electron chi connectivity index (χ0n) is 13.1. The van der Waals surface area contributed by atoms with Gasteiger partial charge in [-0.3, -0.25) is 0 Å². The minimum Gasteiger partial charge on any atom is -0.444 e. The maximum absolute atomic E-state index is 12.3. The Kier molecular flexibility index (Phi) is 4.21. The van der Waals surface area contributed by atoms with Crippen LogP contribution in [0.5, 0.6) is 0 Å². The van der Waals surface area contributed by atoms with E-state index in [1.165, 1.54) is 20.5 Å². The molecular formula is C17H20BrNO2S. The van der Waals surface area contributed by atoms with Gasteiger partial charge in [0, 0.05) is 20.6 Å². The van der Waals surface area contributed by atoms with Gasteiger partial charge in [-0.15, -0.1) is 11.3 Å².